The monoisotopic (exact) mass is 416 g/mol. The van der Waals surface area contributed by atoms with Crippen LogP contribution in [0.4, 0.5) is 0 Å². The molecule has 0 spiro atoms. The highest BCUT2D eigenvalue weighted by Crippen LogP contribution is 2.14. The van der Waals surface area contributed by atoms with E-state index in [0.29, 0.717) is 0 Å². The highest BCUT2D eigenvalue weighted by atomic mass is 32.2. The molecule has 0 saturated carbocycles. The smallest absolute Gasteiger partial charge is 0.267 e. The minimum atomic E-state index is -3.79. The number of hydrogen-bond donors (Lipinski definition) is 3. The summed E-state index contributed by atoms with van der Waals surface area (Å²) in [6.45, 7) is 0.164. The van der Waals surface area contributed by atoms with Gasteiger partial charge < -0.3 is 0 Å². The van der Waals surface area contributed by atoms with Crippen LogP contribution in [0.2, 0.25) is 0 Å². The van der Waals surface area contributed by atoms with Crippen LogP contribution < -0.4 is 15.6 Å². The molecule has 28 heavy (non-hydrogen) atoms. The number of amides is 2. The van der Waals surface area contributed by atoms with Gasteiger partial charge >= 0.3 is 0 Å². The summed E-state index contributed by atoms with van der Waals surface area (Å²) in [7, 11) is -3.79. The van der Waals surface area contributed by atoms with Gasteiger partial charge in [-0.05, 0) is 41.8 Å². The molecular weight excluding hydrogens is 400 g/mol. The molecule has 2 aromatic heterocycles. The lowest BCUT2D eigenvalue weighted by atomic mass is 10.2. The Morgan fingerprint density at radius 3 is 2.39 bits per heavy atom. The van der Waals surface area contributed by atoms with Gasteiger partial charge in [-0.2, -0.15) is 0 Å². The van der Waals surface area contributed by atoms with E-state index in [-0.39, 0.29) is 22.6 Å². The molecule has 8 nitrogen and oxygen atoms in total. The molecule has 144 valence electrons. The normalized spacial score (nSPS) is 11.0. The molecule has 1 aromatic carbocycles. The number of carbonyl (C=O) groups excluding carboxylic acids is 2. The third-order valence-corrected chi connectivity index (χ3v) is 5.91. The number of hydrazine groups is 1. The fraction of sp³-hybridized carbons (Fsp3) is 0.0556. The van der Waals surface area contributed by atoms with Gasteiger partial charge in [-0.25, -0.2) is 13.1 Å². The molecule has 0 aliphatic carbocycles. The average molecular weight is 416 g/mol. The molecule has 0 radical (unpaired) electrons. The Labute approximate surface area is 165 Å². The molecular formula is C18H16N4O4S2. The minimum absolute atomic E-state index is 0.0460. The summed E-state index contributed by atoms with van der Waals surface area (Å²) in [6, 6.07) is 12.3. The SMILES string of the molecule is O=C(NNC(=O)c1cccc(S(=O)(=O)NCc2cccs2)c1)c1cccnc1. The van der Waals surface area contributed by atoms with Crippen molar-refractivity contribution >= 4 is 33.2 Å². The van der Waals surface area contributed by atoms with Crippen molar-refractivity contribution in [3.05, 3.63) is 82.3 Å². The standard InChI is InChI=1S/C18H16N4O4S2/c23-17(21-22-18(24)14-5-2-8-19-11-14)13-4-1-7-16(10-13)28(25,26)20-12-15-6-3-9-27-15/h1-11,20H,12H2,(H,21,23)(H,22,24). The van der Waals surface area contributed by atoms with Crippen molar-refractivity contribution in [2.75, 3.05) is 0 Å². The molecule has 0 fully saturated rings. The number of sulfonamides is 1. The lowest BCUT2D eigenvalue weighted by molar-refractivity contribution is 0.0846. The minimum Gasteiger partial charge on any atom is -0.267 e. The zero-order valence-electron chi connectivity index (χ0n) is 14.5. The number of rotatable bonds is 6. The Hall–Kier alpha value is -3.08. The van der Waals surface area contributed by atoms with E-state index in [2.05, 4.69) is 20.6 Å². The largest absolute Gasteiger partial charge is 0.271 e. The highest BCUT2D eigenvalue weighted by Gasteiger charge is 2.17. The van der Waals surface area contributed by atoms with Crippen LogP contribution in [0.3, 0.4) is 0 Å². The highest BCUT2D eigenvalue weighted by molar-refractivity contribution is 7.89. The van der Waals surface area contributed by atoms with Crippen LogP contribution in [0, 0.1) is 0 Å². The maximum atomic E-state index is 12.4. The maximum Gasteiger partial charge on any atom is 0.271 e. The van der Waals surface area contributed by atoms with Gasteiger partial charge in [0.15, 0.2) is 0 Å². The third kappa shape index (κ3) is 5.00. The predicted octanol–water partition coefficient (Wildman–Crippen LogP) is 1.70. The zero-order chi connectivity index (χ0) is 20.0. The molecule has 0 bridgehead atoms. The van der Waals surface area contributed by atoms with E-state index in [1.54, 1.807) is 12.1 Å². The van der Waals surface area contributed by atoms with Crippen LogP contribution in [0.1, 0.15) is 25.6 Å². The van der Waals surface area contributed by atoms with E-state index in [1.165, 1.54) is 48.0 Å². The van der Waals surface area contributed by atoms with Gasteiger partial charge in [0.1, 0.15) is 0 Å². The molecule has 0 saturated heterocycles. The van der Waals surface area contributed by atoms with Gasteiger partial charge in [-0.1, -0.05) is 12.1 Å². The summed E-state index contributed by atoms with van der Waals surface area (Å²) in [4.78, 5) is 28.8. The van der Waals surface area contributed by atoms with Crippen molar-refractivity contribution in [3.8, 4) is 0 Å². The molecule has 10 heteroatoms. The first-order valence-corrected chi connectivity index (χ1v) is 10.4. The van der Waals surface area contributed by atoms with Crippen molar-refractivity contribution < 1.29 is 18.0 Å². The molecule has 3 aromatic rings. The van der Waals surface area contributed by atoms with Gasteiger partial charge in [-0.3, -0.25) is 25.4 Å². The first-order valence-electron chi connectivity index (χ1n) is 8.08. The Kier molecular flexibility index (Phi) is 6.14. The van der Waals surface area contributed by atoms with Gasteiger partial charge in [0, 0.05) is 29.4 Å². The lowest BCUT2D eigenvalue weighted by Crippen LogP contribution is -2.41. The van der Waals surface area contributed by atoms with Crippen molar-refractivity contribution in [2.45, 2.75) is 11.4 Å². The van der Waals surface area contributed by atoms with Crippen LogP contribution in [0.25, 0.3) is 0 Å². The number of nitrogens with zero attached hydrogens (tertiary/aromatic N) is 1. The van der Waals surface area contributed by atoms with Crippen molar-refractivity contribution in [1.82, 2.24) is 20.6 Å². The number of aromatic nitrogens is 1. The summed E-state index contributed by atoms with van der Waals surface area (Å²) < 4.78 is 27.4. The predicted molar refractivity (Wildman–Crippen MR) is 104 cm³/mol. The first kappa shape index (κ1) is 19.7. The van der Waals surface area contributed by atoms with E-state index in [1.807, 2.05) is 17.5 Å². The number of nitrogens with one attached hydrogen (secondary N) is 3. The number of hydrogen-bond acceptors (Lipinski definition) is 6. The van der Waals surface area contributed by atoms with E-state index in [9.17, 15) is 18.0 Å². The van der Waals surface area contributed by atoms with Crippen LogP contribution >= 0.6 is 11.3 Å². The molecule has 2 amide bonds. The second-order valence-corrected chi connectivity index (χ2v) is 8.38. The van der Waals surface area contributed by atoms with Crippen LogP contribution in [-0.4, -0.2) is 25.2 Å². The second-order valence-electron chi connectivity index (χ2n) is 5.58. The molecule has 0 unspecified atom stereocenters. The molecule has 0 aliphatic rings. The summed E-state index contributed by atoms with van der Waals surface area (Å²) in [5.74, 6) is -1.18. The summed E-state index contributed by atoms with van der Waals surface area (Å²) in [5, 5.41) is 1.86. The Morgan fingerprint density at radius 2 is 1.71 bits per heavy atom. The van der Waals surface area contributed by atoms with Gasteiger partial charge in [0.05, 0.1) is 10.5 Å². The van der Waals surface area contributed by atoms with Crippen LogP contribution in [0.5, 0.6) is 0 Å². The Bertz CT molecular complexity index is 1070. The van der Waals surface area contributed by atoms with E-state index >= 15 is 0 Å². The summed E-state index contributed by atoms with van der Waals surface area (Å²) in [6.07, 6.45) is 2.88. The Balaban J connectivity index is 1.64. The fourth-order valence-electron chi connectivity index (χ4n) is 2.22. The fourth-order valence-corrected chi connectivity index (χ4v) is 4.01. The van der Waals surface area contributed by atoms with Crippen molar-refractivity contribution in [1.29, 1.82) is 0 Å². The van der Waals surface area contributed by atoms with Crippen LogP contribution in [0.15, 0.2) is 71.2 Å². The summed E-state index contributed by atoms with van der Waals surface area (Å²) in [5.41, 5.74) is 4.87. The average Bonchev–Trinajstić information content (AvgIpc) is 3.25. The number of carbonyl (C=O) groups is 2. The zero-order valence-corrected chi connectivity index (χ0v) is 16.1. The number of thiophene rings is 1. The lowest BCUT2D eigenvalue weighted by Gasteiger charge is -2.09. The van der Waals surface area contributed by atoms with Gasteiger partial charge in [0.2, 0.25) is 10.0 Å². The Morgan fingerprint density at radius 1 is 0.964 bits per heavy atom. The third-order valence-electron chi connectivity index (χ3n) is 3.64. The molecule has 2 heterocycles. The second kappa shape index (κ2) is 8.74. The maximum absolute atomic E-state index is 12.4. The molecule has 0 atom stereocenters. The van der Waals surface area contributed by atoms with E-state index in [4.69, 9.17) is 0 Å². The summed E-state index contributed by atoms with van der Waals surface area (Å²) >= 11 is 1.44. The van der Waals surface area contributed by atoms with Gasteiger partial charge in [-0.15, -0.1) is 11.3 Å². The van der Waals surface area contributed by atoms with E-state index in [0.717, 1.165) is 4.88 Å². The van der Waals surface area contributed by atoms with Gasteiger partial charge in [0.25, 0.3) is 11.8 Å². The van der Waals surface area contributed by atoms with Crippen LogP contribution in [-0.2, 0) is 16.6 Å². The van der Waals surface area contributed by atoms with Crippen molar-refractivity contribution in [2.24, 2.45) is 0 Å². The van der Waals surface area contributed by atoms with Crippen molar-refractivity contribution in [3.63, 3.8) is 0 Å². The first-order chi connectivity index (χ1) is 13.5. The number of benzene rings is 1. The molecule has 3 rings (SSSR count). The molecule has 0 aliphatic heterocycles. The molecule has 3 N–H and O–H groups in total. The quantitative estimate of drug-likeness (QED) is 0.529. The number of pyridine rings is 1. The van der Waals surface area contributed by atoms with E-state index < -0.39 is 21.8 Å². The topological polar surface area (TPSA) is 117 Å².